The van der Waals surface area contributed by atoms with Crippen molar-refractivity contribution in [1.82, 2.24) is 15.2 Å². The second kappa shape index (κ2) is 7.97. The number of rotatable bonds is 6. The van der Waals surface area contributed by atoms with E-state index >= 15 is 0 Å². The van der Waals surface area contributed by atoms with Crippen LogP contribution in [0.25, 0.3) is 10.6 Å². The van der Waals surface area contributed by atoms with Crippen LogP contribution in [-0.4, -0.2) is 48.8 Å². The summed E-state index contributed by atoms with van der Waals surface area (Å²) in [7, 11) is 0. The van der Waals surface area contributed by atoms with Crippen molar-refractivity contribution in [1.29, 1.82) is 0 Å². The number of hydrogen-bond acceptors (Lipinski definition) is 5. The van der Waals surface area contributed by atoms with Gasteiger partial charge in [-0.25, -0.2) is 9.37 Å². The Kier molecular flexibility index (Phi) is 5.72. The van der Waals surface area contributed by atoms with Gasteiger partial charge in [-0.1, -0.05) is 0 Å². The van der Waals surface area contributed by atoms with Crippen LogP contribution in [0.15, 0.2) is 29.6 Å². The molecule has 1 unspecified atom stereocenters. The molecule has 1 aromatic carbocycles. The highest BCUT2D eigenvalue weighted by Crippen LogP contribution is 2.23. The molecule has 1 aliphatic rings. The number of halogens is 1. The van der Waals surface area contributed by atoms with Crippen molar-refractivity contribution in [2.75, 3.05) is 32.8 Å². The third kappa shape index (κ3) is 4.81. The number of benzene rings is 1. The maximum absolute atomic E-state index is 13.0. The maximum atomic E-state index is 13.0. The number of nitrogens with one attached hydrogen (secondary N) is 1. The molecular weight excluding hydrogens is 313 g/mol. The zero-order chi connectivity index (χ0) is 16.1. The van der Waals surface area contributed by atoms with E-state index in [1.54, 1.807) is 23.5 Å². The summed E-state index contributed by atoms with van der Waals surface area (Å²) in [4.78, 5) is 7.05. The second-order valence-electron chi connectivity index (χ2n) is 5.85. The first-order valence-corrected chi connectivity index (χ1v) is 8.82. The average molecular weight is 335 g/mol. The Morgan fingerprint density at radius 2 is 2.04 bits per heavy atom. The molecular formula is C17H22FN3OS. The minimum atomic E-state index is -0.218. The van der Waals surface area contributed by atoms with E-state index in [0.717, 1.165) is 55.7 Å². The molecule has 0 aliphatic carbocycles. The normalized spacial score (nSPS) is 17.3. The van der Waals surface area contributed by atoms with Crippen LogP contribution in [0, 0.1) is 5.82 Å². The van der Waals surface area contributed by atoms with Gasteiger partial charge in [-0.3, -0.25) is 4.90 Å². The molecule has 0 amide bonds. The number of hydrogen-bond donors (Lipinski definition) is 1. The zero-order valence-corrected chi connectivity index (χ0v) is 14.1. The van der Waals surface area contributed by atoms with Crippen molar-refractivity contribution >= 4 is 11.3 Å². The molecule has 2 heterocycles. The van der Waals surface area contributed by atoms with Crippen molar-refractivity contribution < 1.29 is 9.13 Å². The van der Waals surface area contributed by atoms with E-state index < -0.39 is 0 Å². The number of thiazole rings is 1. The lowest BCUT2D eigenvalue weighted by Crippen LogP contribution is -2.44. The van der Waals surface area contributed by atoms with Crippen molar-refractivity contribution in [2.45, 2.75) is 19.5 Å². The fourth-order valence-corrected chi connectivity index (χ4v) is 3.45. The molecule has 1 saturated heterocycles. The van der Waals surface area contributed by atoms with E-state index in [0.29, 0.717) is 6.04 Å². The third-order valence-corrected chi connectivity index (χ3v) is 4.85. The Balaban J connectivity index is 1.49. The fraction of sp³-hybridized carbons (Fsp3) is 0.471. The summed E-state index contributed by atoms with van der Waals surface area (Å²) >= 11 is 1.60. The van der Waals surface area contributed by atoms with E-state index in [1.807, 2.05) is 0 Å². The lowest BCUT2D eigenvalue weighted by atomic mass is 10.2. The standard InChI is InChI=1S/C17H22FN3OS/c1-13(11-21-6-8-22-9-7-21)19-10-16-12-23-17(20-16)14-2-4-15(18)5-3-14/h2-5,12-13,19H,6-11H2,1H3. The molecule has 0 saturated carbocycles. The van der Waals surface area contributed by atoms with Gasteiger partial charge < -0.3 is 10.1 Å². The Morgan fingerprint density at radius 1 is 1.30 bits per heavy atom. The monoisotopic (exact) mass is 335 g/mol. The largest absolute Gasteiger partial charge is 0.379 e. The summed E-state index contributed by atoms with van der Waals surface area (Å²) < 4.78 is 18.3. The van der Waals surface area contributed by atoms with Gasteiger partial charge in [0.1, 0.15) is 10.8 Å². The predicted octanol–water partition coefficient (Wildman–Crippen LogP) is 2.76. The number of aromatic nitrogens is 1. The second-order valence-corrected chi connectivity index (χ2v) is 6.70. The smallest absolute Gasteiger partial charge is 0.123 e. The lowest BCUT2D eigenvalue weighted by Gasteiger charge is -2.29. The number of morpholine rings is 1. The number of nitrogens with zero attached hydrogens (tertiary/aromatic N) is 2. The van der Waals surface area contributed by atoms with Gasteiger partial charge in [0.05, 0.1) is 18.9 Å². The van der Waals surface area contributed by atoms with Crippen LogP contribution in [0.3, 0.4) is 0 Å². The molecule has 3 rings (SSSR count). The highest BCUT2D eigenvalue weighted by molar-refractivity contribution is 7.13. The van der Waals surface area contributed by atoms with Gasteiger partial charge in [-0.2, -0.15) is 0 Å². The van der Waals surface area contributed by atoms with E-state index in [4.69, 9.17) is 4.74 Å². The molecule has 1 aliphatic heterocycles. The van der Waals surface area contributed by atoms with Crippen molar-refractivity contribution in [3.05, 3.63) is 41.2 Å². The molecule has 1 N–H and O–H groups in total. The molecule has 23 heavy (non-hydrogen) atoms. The van der Waals surface area contributed by atoms with E-state index in [1.165, 1.54) is 12.1 Å². The van der Waals surface area contributed by atoms with Crippen LogP contribution in [0.5, 0.6) is 0 Å². The summed E-state index contributed by atoms with van der Waals surface area (Å²) in [6.07, 6.45) is 0. The Morgan fingerprint density at radius 3 is 2.78 bits per heavy atom. The quantitative estimate of drug-likeness (QED) is 0.881. The fourth-order valence-electron chi connectivity index (χ4n) is 2.63. The molecule has 124 valence electrons. The summed E-state index contributed by atoms with van der Waals surface area (Å²) in [5.41, 5.74) is 1.99. The predicted molar refractivity (Wildman–Crippen MR) is 91.1 cm³/mol. The van der Waals surface area contributed by atoms with Crippen LogP contribution < -0.4 is 5.32 Å². The van der Waals surface area contributed by atoms with Crippen molar-refractivity contribution in [3.63, 3.8) is 0 Å². The first-order valence-electron chi connectivity index (χ1n) is 7.94. The van der Waals surface area contributed by atoms with E-state index in [9.17, 15) is 4.39 Å². The summed E-state index contributed by atoms with van der Waals surface area (Å²) in [6.45, 7) is 7.67. The third-order valence-electron chi connectivity index (χ3n) is 3.91. The molecule has 0 radical (unpaired) electrons. The minimum Gasteiger partial charge on any atom is -0.379 e. The Labute approximate surface area is 140 Å². The van der Waals surface area contributed by atoms with Crippen LogP contribution in [0.4, 0.5) is 4.39 Å². The van der Waals surface area contributed by atoms with Crippen molar-refractivity contribution in [2.24, 2.45) is 0 Å². The molecule has 0 spiro atoms. The topological polar surface area (TPSA) is 37.4 Å². The van der Waals surface area contributed by atoms with Crippen LogP contribution >= 0.6 is 11.3 Å². The van der Waals surface area contributed by atoms with Gasteiger partial charge in [-0.05, 0) is 31.2 Å². The van der Waals surface area contributed by atoms with Gasteiger partial charge in [0.15, 0.2) is 0 Å². The van der Waals surface area contributed by atoms with Gasteiger partial charge >= 0.3 is 0 Å². The van der Waals surface area contributed by atoms with Gasteiger partial charge in [-0.15, -0.1) is 11.3 Å². The van der Waals surface area contributed by atoms with Gasteiger partial charge in [0.2, 0.25) is 0 Å². The molecule has 2 aromatic rings. The molecule has 1 atom stereocenters. The minimum absolute atomic E-state index is 0.218. The van der Waals surface area contributed by atoms with Crippen LogP contribution in [-0.2, 0) is 11.3 Å². The van der Waals surface area contributed by atoms with Crippen LogP contribution in [0.2, 0.25) is 0 Å². The maximum Gasteiger partial charge on any atom is 0.123 e. The first kappa shape index (κ1) is 16.5. The average Bonchev–Trinajstić information content (AvgIpc) is 3.04. The SMILES string of the molecule is CC(CN1CCOCC1)NCc1csc(-c2ccc(F)cc2)n1. The molecule has 1 aromatic heterocycles. The highest BCUT2D eigenvalue weighted by atomic mass is 32.1. The zero-order valence-electron chi connectivity index (χ0n) is 13.3. The van der Waals surface area contributed by atoms with Gasteiger partial charge in [0, 0.05) is 43.2 Å². The van der Waals surface area contributed by atoms with E-state index in [2.05, 4.69) is 27.5 Å². The first-order chi connectivity index (χ1) is 11.2. The molecule has 0 bridgehead atoms. The molecule has 1 fully saturated rings. The molecule has 4 nitrogen and oxygen atoms in total. The lowest BCUT2D eigenvalue weighted by molar-refractivity contribution is 0.0343. The van der Waals surface area contributed by atoms with E-state index in [-0.39, 0.29) is 5.82 Å². The Hall–Kier alpha value is -1.34. The highest BCUT2D eigenvalue weighted by Gasteiger charge is 2.13. The van der Waals surface area contributed by atoms with Gasteiger partial charge in [0.25, 0.3) is 0 Å². The number of ether oxygens (including phenoxy) is 1. The summed E-state index contributed by atoms with van der Waals surface area (Å²) in [5, 5.41) is 6.52. The van der Waals surface area contributed by atoms with Crippen molar-refractivity contribution in [3.8, 4) is 10.6 Å². The molecule has 6 heteroatoms. The van der Waals surface area contributed by atoms with Crippen LogP contribution in [0.1, 0.15) is 12.6 Å². The Bertz CT molecular complexity index is 611. The summed E-state index contributed by atoms with van der Waals surface area (Å²) in [6, 6.07) is 6.89. The summed E-state index contributed by atoms with van der Waals surface area (Å²) in [5.74, 6) is -0.218.